The number of amides is 1. The van der Waals surface area contributed by atoms with Crippen molar-refractivity contribution in [2.24, 2.45) is 11.3 Å². The number of nitrogens with one attached hydrogen (secondary N) is 1. The largest absolute Gasteiger partial charge is 0.396 e. The van der Waals surface area contributed by atoms with Gasteiger partial charge in [0.2, 0.25) is 5.91 Å². The molecule has 3 nitrogen and oxygen atoms in total. The van der Waals surface area contributed by atoms with Crippen LogP contribution in [-0.2, 0) is 4.79 Å². The lowest BCUT2D eigenvalue weighted by molar-refractivity contribution is -0.125. The van der Waals surface area contributed by atoms with Crippen molar-refractivity contribution in [1.82, 2.24) is 5.32 Å². The van der Waals surface area contributed by atoms with Gasteiger partial charge in [0.1, 0.15) is 0 Å². The highest BCUT2D eigenvalue weighted by Gasteiger charge is 2.17. The molecular weight excluding hydrogens is 202 g/mol. The Labute approximate surface area is 99.6 Å². The fraction of sp³-hybridized carbons (Fsp3) is 0.923. The van der Waals surface area contributed by atoms with E-state index in [0.717, 1.165) is 32.2 Å². The summed E-state index contributed by atoms with van der Waals surface area (Å²) in [6, 6.07) is 0. The molecule has 0 spiro atoms. The lowest BCUT2D eigenvalue weighted by atomic mass is 9.89. The van der Waals surface area contributed by atoms with E-state index in [2.05, 4.69) is 5.32 Å². The summed E-state index contributed by atoms with van der Waals surface area (Å²) in [6.45, 7) is 9.09. The Hall–Kier alpha value is -0.570. The lowest BCUT2D eigenvalue weighted by Gasteiger charge is -2.21. The van der Waals surface area contributed by atoms with Crippen LogP contribution in [0.5, 0.6) is 0 Å². The van der Waals surface area contributed by atoms with E-state index in [0.29, 0.717) is 0 Å². The summed E-state index contributed by atoms with van der Waals surface area (Å²) in [4.78, 5) is 11.6. The highest BCUT2D eigenvalue weighted by molar-refractivity contribution is 5.78. The first kappa shape index (κ1) is 15.4. The van der Waals surface area contributed by atoms with Crippen molar-refractivity contribution < 1.29 is 9.90 Å². The molecule has 0 bridgehead atoms. The fourth-order valence-electron chi connectivity index (χ4n) is 1.66. The van der Waals surface area contributed by atoms with Gasteiger partial charge in [-0.1, -0.05) is 27.7 Å². The van der Waals surface area contributed by atoms with Crippen LogP contribution in [0.4, 0.5) is 0 Å². The Bertz CT molecular complexity index is 198. The maximum absolute atomic E-state index is 11.6. The van der Waals surface area contributed by atoms with Gasteiger partial charge in [0, 0.05) is 19.1 Å². The molecular formula is C13H27NO2. The van der Waals surface area contributed by atoms with Gasteiger partial charge >= 0.3 is 0 Å². The zero-order valence-corrected chi connectivity index (χ0v) is 11.2. The molecule has 16 heavy (non-hydrogen) atoms. The van der Waals surface area contributed by atoms with E-state index in [1.54, 1.807) is 0 Å². The van der Waals surface area contributed by atoms with E-state index < -0.39 is 0 Å². The van der Waals surface area contributed by atoms with Crippen molar-refractivity contribution in [3.8, 4) is 0 Å². The summed E-state index contributed by atoms with van der Waals surface area (Å²) in [5.74, 6) is 0.331. The Balaban J connectivity index is 3.70. The average molecular weight is 229 g/mol. The number of hydrogen-bond acceptors (Lipinski definition) is 2. The van der Waals surface area contributed by atoms with Gasteiger partial charge < -0.3 is 10.4 Å². The first-order valence-electron chi connectivity index (χ1n) is 6.35. The fourth-order valence-corrected chi connectivity index (χ4v) is 1.66. The van der Waals surface area contributed by atoms with Crippen LogP contribution in [0.25, 0.3) is 0 Å². The van der Waals surface area contributed by atoms with E-state index in [-0.39, 0.29) is 23.8 Å². The summed E-state index contributed by atoms with van der Waals surface area (Å²) >= 11 is 0. The van der Waals surface area contributed by atoms with Crippen LogP contribution >= 0.6 is 0 Å². The second-order valence-electron chi connectivity index (χ2n) is 5.23. The minimum Gasteiger partial charge on any atom is -0.396 e. The second kappa shape index (κ2) is 7.66. The Morgan fingerprint density at radius 1 is 1.31 bits per heavy atom. The average Bonchev–Trinajstić information content (AvgIpc) is 2.26. The minimum atomic E-state index is -0.0281. The third-order valence-electron chi connectivity index (χ3n) is 3.11. The van der Waals surface area contributed by atoms with Crippen molar-refractivity contribution in [2.45, 2.75) is 53.4 Å². The topological polar surface area (TPSA) is 49.3 Å². The van der Waals surface area contributed by atoms with Crippen molar-refractivity contribution >= 4 is 5.91 Å². The second-order valence-corrected chi connectivity index (χ2v) is 5.23. The molecule has 1 amide bonds. The van der Waals surface area contributed by atoms with Crippen LogP contribution < -0.4 is 5.32 Å². The Kier molecular flexibility index (Phi) is 7.39. The number of carbonyl (C=O) groups excluding carboxylic acids is 1. The zero-order valence-electron chi connectivity index (χ0n) is 11.2. The molecule has 0 aromatic rings. The van der Waals surface area contributed by atoms with Gasteiger partial charge in [-0.05, 0) is 31.1 Å². The third kappa shape index (κ3) is 6.11. The van der Waals surface area contributed by atoms with Crippen LogP contribution in [0, 0.1) is 11.3 Å². The van der Waals surface area contributed by atoms with Gasteiger partial charge in [0.25, 0.3) is 0 Å². The van der Waals surface area contributed by atoms with Crippen molar-refractivity contribution in [3.63, 3.8) is 0 Å². The van der Waals surface area contributed by atoms with Gasteiger partial charge in [-0.2, -0.15) is 0 Å². The smallest absolute Gasteiger partial charge is 0.223 e. The molecule has 0 rings (SSSR count). The molecule has 0 saturated heterocycles. The summed E-state index contributed by atoms with van der Waals surface area (Å²) in [6.07, 6.45) is 3.68. The monoisotopic (exact) mass is 229 g/mol. The summed E-state index contributed by atoms with van der Waals surface area (Å²) in [5.41, 5.74) is -0.0281. The molecule has 0 unspecified atom stereocenters. The Morgan fingerprint density at radius 3 is 2.31 bits per heavy atom. The molecule has 0 fully saturated rings. The van der Waals surface area contributed by atoms with Crippen LogP contribution in [0.3, 0.4) is 0 Å². The van der Waals surface area contributed by atoms with Gasteiger partial charge in [-0.25, -0.2) is 0 Å². The van der Waals surface area contributed by atoms with Crippen molar-refractivity contribution in [1.29, 1.82) is 0 Å². The molecule has 0 aliphatic heterocycles. The SMILES string of the molecule is CCC(CC)C(=O)NCCCC(C)(C)CO. The van der Waals surface area contributed by atoms with Crippen LogP contribution in [0.1, 0.15) is 53.4 Å². The van der Waals surface area contributed by atoms with Crippen LogP contribution in [-0.4, -0.2) is 24.2 Å². The summed E-state index contributed by atoms with van der Waals surface area (Å²) in [7, 11) is 0. The number of hydrogen-bond donors (Lipinski definition) is 2. The molecule has 2 N–H and O–H groups in total. The molecule has 0 aliphatic carbocycles. The lowest BCUT2D eigenvalue weighted by Crippen LogP contribution is -2.31. The molecule has 0 heterocycles. The molecule has 0 radical (unpaired) electrons. The van der Waals surface area contributed by atoms with E-state index in [1.807, 2.05) is 27.7 Å². The first-order chi connectivity index (χ1) is 7.46. The Morgan fingerprint density at radius 2 is 1.88 bits per heavy atom. The molecule has 3 heteroatoms. The summed E-state index contributed by atoms with van der Waals surface area (Å²) in [5, 5.41) is 12.0. The predicted molar refractivity (Wildman–Crippen MR) is 67.2 cm³/mol. The number of carbonyl (C=O) groups is 1. The molecule has 0 saturated carbocycles. The first-order valence-corrected chi connectivity index (χ1v) is 6.35. The molecule has 0 aliphatic rings. The van der Waals surface area contributed by atoms with Crippen molar-refractivity contribution in [3.05, 3.63) is 0 Å². The van der Waals surface area contributed by atoms with E-state index in [4.69, 9.17) is 5.11 Å². The minimum absolute atomic E-state index is 0.0281. The van der Waals surface area contributed by atoms with Gasteiger partial charge in [-0.15, -0.1) is 0 Å². The van der Waals surface area contributed by atoms with E-state index >= 15 is 0 Å². The standard InChI is InChI=1S/C13H27NO2/c1-5-11(6-2)12(16)14-9-7-8-13(3,4)10-15/h11,15H,5-10H2,1-4H3,(H,14,16). The normalized spacial score (nSPS) is 11.9. The summed E-state index contributed by atoms with van der Waals surface area (Å²) < 4.78 is 0. The highest BCUT2D eigenvalue weighted by Crippen LogP contribution is 2.20. The number of rotatable bonds is 8. The van der Waals surface area contributed by atoms with Gasteiger partial charge in [-0.3, -0.25) is 4.79 Å². The van der Waals surface area contributed by atoms with Crippen molar-refractivity contribution in [2.75, 3.05) is 13.2 Å². The molecule has 0 aromatic heterocycles. The molecule has 0 aromatic carbocycles. The zero-order chi connectivity index (χ0) is 12.6. The highest BCUT2D eigenvalue weighted by atomic mass is 16.3. The maximum Gasteiger partial charge on any atom is 0.223 e. The van der Waals surface area contributed by atoms with Crippen LogP contribution in [0.15, 0.2) is 0 Å². The maximum atomic E-state index is 11.6. The quantitative estimate of drug-likeness (QED) is 0.628. The number of aliphatic hydroxyl groups is 1. The van der Waals surface area contributed by atoms with E-state index in [1.165, 1.54) is 0 Å². The van der Waals surface area contributed by atoms with E-state index in [9.17, 15) is 4.79 Å². The van der Waals surface area contributed by atoms with Crippen LogP contribution in [0.2, 0.25) is 0 Å². The predicted octanol–water partition coefficient (Wildman–Crippen LogP) is 2.34. The van der Waals surface area contributed by atoms with Gasteiger partial charge in [0.05, 0.1) is 0 Å². The molecule has 0 atom stereocenters. The molecule has 96 valence electrons. The van der Waals surface area contributed by atoms with Gasteiger partial charge in [0.15, 0.2) is 0 Å². The third-order valence-corrected chi connectivity index (χ3v) is 3.11. The number of aliphatic hydroxyl groups excluding tert-OH is 1.